The van der Waals surface area contributed by atoms with Crippen molar-refractivity contribution >= 4 is 11.7 Å². The number of carbonyl (C=O) groups excluding carboxylic acids is 1. The molecule has 2 aromatic carbocycles. The van der Waals surface area contributed by atoms with Gasteiger partial charge in [-0.25, -0.2) is 13.8 Å². The molecule has 0 bridgehead atoms. The zero-order valence-electron chi connectivity index (χ0n) is 19.6. The molecule has 35 heavy (non-hydrogen) atoms. The third kappa shape index (κ3) is 5.32. The van der Waals surface area contributed by atoms with Crippen LogP contribution in [0.25, 0.3) is 0 Å². The molecule has 0 atom stereocenters. The van der Waals surface area contributed by atoms with Crippen molar-refractivity contribution < 1.29 is 13.6 Å². The van der Waals surface area contributed by atoms with Crippen LogP contribution in [0.4, 0.5) is 14.6 Å². The molecule has 5 rings (SSSR count). The lowest BCUT2D eigenvalue weighted by Crippen LogP contribution is -2.52. The minimum Gasteiger partial charge on any atom is -0.355 e. The summed E-state index contributed by atoms with van der Waals surface area (Å²) in [6, 6.07) is 12.8. The first-order valence-corrected chi connectivity index (χ1v) is 12.1. The highest BCUT2D eigenvalue weighted by Crippen LogP contribution is 2.31. The molecule has 1 aromatic heterocycles. The third-order valence-electron chi connectivity index (χ3n) is 7.08. The number of amides is 1. The van der Waals surface area contributed by atoms with Gasteiger partial charge >= 0.3 is 0 Å². The topological polar surface area (TPSA) is 52.6 Å². The van der Waals surface area contributed by atoms with Crippen molar-refractivity contribution in [1.82, 2.24) is 19.8 Å². The van der Waals surface area contributed by atoms with E-state index in [-0.39, 0.29) is 29.5 Å². The number of carbonyl (C=O) groups is 1. The van der Waals surface area contributed by atoms with E-state index in [0.717, 1.165) is 42.9 Å². The van der Waals surface area contributed by atoms with Gasteiger partial charge in [-0.2, -0.15) is 0 Å². The molecule has 2 aliphatic heterocycles. The van der Waals surface area contributed by atoms with E-state index < -0.39 is 0 Å². The van der Waals surface area contributed by atoms with E-state index in [9.17, 15) is 13.6 Å². The van der Waals surface area contributed by atoms with E-state index >= 15 is 0 Å². The van der Waals surface area contributed by atoms with Gasteiger partial charge in [0.1, 0.15) is 17.5 Å². The van der Waals surface area contributed by atoms with Crippen molar-refractivity contribution in [3.8, 4) is 0 Å². The van der Waals surface area contributed by atoms with Crippen LogP contribution in [0.2, 0.25) is 0 Å². The molecule has 2 saturated heterocycles. The smallest absolute Gasteiger partial charge is 0.225 e. The number of hydrogen-bond donors (Lipinski definition) is 0. The van der Waals surface area contributed by atoms with E-state index in [4.69, 9.17) is 0 Å². The predicted octanol–water partition coefficient (Wildman–Crippen LogP) is 3.91. The molecule has 0 N–H and O–H groups in total. The van der Waals surface area contributed by atoms with Crippen molar-refractivity contribution in [3.05, 3.63) is 89.9 Å². The zero-order valence-corrected chi connectivity index (χ0v) is 19.6. The predicted molar refractivity (Wildman–Crippen MR) is 130 cm³/mol. The number of aromatic nitrogens is 2. The summed E-state index contributed by atoms with van der Waals surface area (Å²) >= 11 is 0. The molecule has 0 unspecified atom stereocenters. The van der Waals surface area contributed by atoms with Crippen LogP contribution >= 0.6 is 0 Å². The molecule has 8 heteroatoms. The molecule has 1 amide bonds. The van der Waals surface area contributed by atoms with Crippen molar-refractivity contribution in [1.29, 1.82) is 0 Å². The van der Waals surface area contributed by atoms with Crippen LogP contribution in [0.15, 0.2) is 67.1 Å². The fraction of sp³-hybridized carbons (Fsp3) is 0.370. The van der Waals surface area contributed by atoms with Gasteiger partial charge in [-0.15, -0.1) is 0 Å². The summed E-state index contributed by atoms with van der Waals surface area (Å²) in [5, 5.41) is 0. The molecule has 2 fully saturated rings. The summed E-state index contributed by atoms with van der Waals surface area (Å²) in [6.45, 7) is 4.27. The lowest BCUT2D eigenvalue weighted by molar-refractivity contribution is -0.138. The molecular formula is C27H29F2N5O. The summed E-state index contributed by atoms with van der Waals surface area (Å²) in [6.07, 6.45) is 6.74. The zero-order chi connectivity index (χ0) is 24.2. The van der Waals surface area contributed by atoms with Crippen LogP contribution in [-0.2, 0) is 4.79 Å². The number of anilines is 1. The first kappa shape index (κ1) is 23.4. The second-order valence-electron chi connectivity index (χ2n) is 9.19. The molecule has 0 saturated carbocycles. The van der Waals surface area contributed by atoms with Gasteiger partial charge in [-0.3, -0.25) is 14.7 Å². The number of rotatable bonds is 5. The van der Waals surface area contributed by atoms with E-state index in [1.165, 1.54) is 24.3 Å². The quantitative estimate of drug-likeness (QED) is 0.558. The normalized spacial score (nSPS) is 17.7. The largest absolute Gasteiger partial charge is 0.355 e. The highest BCUT2D eigenvalue weighted by molar-refractivity contribution is 5.79. The maximum atomic E-state index is 13.6. The summed E-state index contributed by atoms with van der Waals surface area (Å²) in [5.41, 5.74) is 1.91. The number of hydrogen-bond acceptors (Lipinski definition) is 5. The minimum atomic E-state index is -0.285. The highest BCUT2D eigenvalue weighted by atomic mass is 19.1. The van der Waals surface area contributed by atoms with Crippen molar-refractivity contribution in [3.63, 3.8) is 0 Å². The maximum Gasteiger partial charge on any atom is 0.225 e. The van der Waals surface area contributed by atoms with Gasteiger partial charge in [-0.05, 0) is 48.2 Å². The first-order chi connectivity index (χ1) is 17.1. The monoisotopic (exact) mass is 477 g/mol. The molecule has 0 radical (unpaired) electrons. The van der Waals surface area contributed by atoms with Crippen LogP contribution < -0.4 is 4.90 Å². The average Bonchev–Trinajstić information content (AvgIpc) is 2.91. The standard InChI is InChI=1S/C27H29F2N5O/c28-23-5-1-20(2-6-23)26(21-3-7-24(29)8-4-21)33-15-17-34(18-16-33)27(35)22-9-13-32(14-10-22)25-19-30-11-12-31-25/h1-8,11-12,19,22,26H,9-10,13-18H2. The van der Waals surface area contributed by atoms with Gasteiger partial charge in [0.15, 0.2) is 0 Å². The van der Waals surface area contributed by atoms with Crippen LogP contribution in [0.3, 0.4) is 0 Å². The van der Waals surface area contributed by atoms with E-state index in [1.807, 2.05) is 4.90 Å². The Morgan fingerprint density at radius 2 is 1.37 bits per heavy atom. The Labute approximate surface area is 204 Å². The summed E-state index contributed by atoms with van der Waals surface area (Å²) in [7, 11) is 0. The fourth-order valence-electron chi connectivity index (χ4n) is 5.17. The Morgan fingerprint density at radius 3 is 1.89 bits per heavy atom. The van der Waals surface area contributed by atoms with Crippen LogP contribution in [0.1, 0.15) is 30.0 Å². The van der Waals surface area contributed by atoms with Gasteiger partial charge < -0.3 is 9.80 Å². The Hall–Kier alpha value is -3.39. The number of piperidine rings is 1. The summed E-state index contributed by atoms with van der Waals surface area (Å²) in [5.74, 6) is 0.544. The number of piperazine rings is 1. The van der Waals surface area contributed by atoms with Gasteiger partial charge in [0, 0.05) is 57.6 Å². The Morgan fingerprint density at radius 1 is 0.800 bits per heavy atom. The summed E-state index contributed by atoms with van der Waals surface area (Å²) in [4.78, 5) is 28.2. The second kappa shape index (κ2) is 10.5. The van der Waals surface area contributed by atoms with E-state index in [0.29, 0.717) is 26.2 Å². The van der Waals surface area contributed by atoms with Crippen LogP contribution in [0.5, 0.6) is 0 Å². The number of benzene rings is 2. The molecule has 0 aliphatic carbocycles. The molecule has 3 aromatic rings. The number of halogens is 2. The summed E-state index contributed by atoms with van der Waals surface area (Å²) < 4.78 is 27.1. The van der Waals surface area contributed by atoms with Gasteiger partial charge in [-0.1, -0.05) is 24.3 Å². The van der Waals surface area contributed by atoms with Gasteiger partial charge in [0.2, 0.25) is 5.91 Å². The fourth-order valence-corrected chi connectivity index (χ4v) is 5.17. The molecule has 182 valence electrons. The maximum absolute atomic E-state index is 13.6. The molecule has 6 nitrogen and oxygen atoms in total. The second-order valence-corrected chi connectivity index (χ2v) is 9.19. The van der Waals surface area contributed by atoms with Crippen molar-refractivity contribution in [2.75, 3.05) is 44.2 Å². The lowest BCUT2D eigenvalue weighted by Gasteiger charge is -2.41. The molecule has 3 heterocycles. The van der Waals surface area contributed by atoms with Gasteiger partial charge in [0.25, 0.3) is 0 Å². The lowest BCUT2D eigenvalue weighted by atomic mass is 9.94. The third-order valence-corrected chi connectivity index (χ3v) is 7.08. The van der Waals surface area contributed by atoms with Crippen LogP contribution in [0, 0.1) is 17.6 Å². The first-order valence-electron chi connectivity index (χ1n) is 12.1. The van der Waals surface area contributed by atoms with E-state index in [1.54, 1.807) is 42.9 Å². The molecular weight excluding hydrogens is 448 g/mol. The number of nitrogens with zero attached hydrogens (tertiary/aromatic N) is 5. The minimum absolute atomic E-state index is 0.0273. The Bertz CT molecular complexity index is 1070. The Balaban J connectivity index is 1.22. The molecule has 2 aliphatic rings. The average molecular weight is 478 g/mol. The molecule has 0 spiro atoms. The van der Waals surface area contributed by atoms with Crippen molar-refractivity contribution in [2.24, 2.45) is 5.92 Å². The van der Waals surface area contributed by atoms with Crippen LogP contribution in [-0.4, -0.2) is 64.9 Å². The van der Waals surface area contributed by atoms with E-state index in [2.05, 4.69) is 19.8 Å². The van der Waals surface area contributed by atoms with Crippen molar-refractivity contribution in [2.45, 2.75) is 18.9 Å². The Kier molecular flexibility index (Phi) is 6.99. The van der Waals surface area contributed by atoms with Gasteiger partial charge in [0.05, 0.1) is 12.2 Å². The highest BCUT2D eigenvalue weighted by Gasteiger charge is 2.33. The SMILES string of the molecule is O=C(C1CCN(c2cnccn2)CC1)N1CCN(C(c2ccc(F)cc2)c2ccc(F)cc2)CC1.